The highest BCUT2D eigenvalue weighted by Gasteiger charge is 2.32. The molecule has 11 heteroatoms. The molecule has 2 aromatic carbocycles. The van der Waals surface area contributed by atoms with Crippen molar-refractivity contribution in [3.05, 3.63) is 87.9 Å². The van der Waals surface area contributed by atoms with Crippen LogP contribution in [0, 0.1) is 0 Å². The first-order valence-corrected chi connectivity index (χ1v) is 10.9. The molecule has 0 aliphatic rings. The third-order valence-electron chi connectivity index (χ3n) is 4.28. The van der Waals surface area contributed by atoms with Crippen LogP contribution in [0.15, 0.2) is 81.1 Å². The van der Waals surface area contributed by atoms with Gasteiger partial charge in [0.2, 0.25) is 0 Å². The molecule has 0 bridgehead atoms. The van der Waals surface area contributed by atoms with Crippen molar-refractivity contribution in [2.24, 2.45) is 0 Å². The first-order valence-electron chi connectivity index (χ1n) is 8.64. The minimum absolute atomic E-state index is 0.0132. The van der Waals surface area contributed by atoms with Gasteiger partial charge in [-0.3, -0.25) is 9.78 Å². The lowest BCUT2D eigenvalue weighted by Gasteiger charge is -2.22. The van der Waals surface area contributed by atoms with E-state index in [1.54, 1.807) is 0 Å². The standard InChI is InChI=1S/C20H12N2O7S2/c23-18(13-2-1-9-21-11-13)22(14-5-8-16-17(10-14)30-20(26)29-16)31(27,28)15-6-3-12(4-7-15)19(24)25/h1-11H,(H,24,25). The molecule has 0 atom stereocenters. The van der Waals surface area contributed by atoms with Crippen LogP contribution in [-0.2, 0) is 10.0 Å². The van der Waals surface area contributed by atoms with E-state index >= 15 is 0 Å². The molecule has 31 heavy (non-hydrogen) atoms. The smallest absolute Gasteiger partial charge is 0.396 e. The van der Waals surface area contributed by atoms with Gasteiger partial charge < -0.3 is 9.52 Å². The second kappa shape index (κ2) is 7.78. The number of anilines is 1. The molecule has 0 saturated carbocycles. The van der Waals surface area contributed by atoms with Gasteiger partial charge in [-0.15, -0.1) is 0 Å². The number of aromatic carboxylic acids is 1. The zero-order valence-electron chi connectivity index (χ0n) is 15.5. The maximum absolute atomic E-state index is 13.4. The van der Waals surface area contributed by atoms with Crippen LogP contribution in [0.2, 0.25) is 0 Å². The molecule has 1 amide bonds. The molecule has 9 nitrogen and oxygen atoms in total. The van der Waals surface area contributed by atoms with Gasteiger partial charge in [-0.1, -0.05) is 11.3 Å². The fraction of sp³-hybridized carbons (Fsp3) is 0. The number of carbonyl (C=O) groups is 2. The van der Waals surface area contributed by atoms with Crippen LogP contribution in [0.3, 0.4) is 0 Å². The number of hydrogen-bond acceptors (Lipinski definition) is 8. The van der Waals surface area contributed by atoms with E-state index in [-0.39, 0.29) is 27.3 Å². The zero-order chi connectivity index (χ0) is 22.2. The molecule has 1 N–H and O–H groups in total. The Balaban J connectivity index is 1.89. The number of sulfonamides is 1. The van der Waals surface area contributed by atoms with Crippen LogP contribution in [0.25, 0.3) is 10.3 Å². The van der Waals surface area contributed by atoms with Gasteiger partial charge in [-0.2, -0.15) is 4.31 Å². The Labute approximate surface area is 178 Å². The minimum atomic E-state index is -4.45. The van der Waals surface area contributed by atoms with E-state index in [9.17, 15) is 22.8 Å². The Hall–Kier alpha value is -3.83. The SMILES string of the molecule is O=C(O)c1ccc(S(=O)(=O)N(C(=O)c2cccnc2)c2ccc3oc(=O)sc3c2)cc1. The zero-order valence-corrected chi connectivity index (χ0v) is 17.1. The summed E-state index contributed by atoms with van der Waals surface area (Å²) >= 11 is 0.770. The van der Waals surface area contributed by atoms with Crippen molar-refractivity contribution >= 4 is 49.2 Å². The first kappa shape index (κ1) is 20.4. The Kier molecular flexibility index (Phi) is 5.13. The van der Waals surface area contributed by atoms with Gasteiger partial charge in [0, 0.05) is 12.4 Å². The van der Waals surface area contributed by atoms with Crippen molar-refractivity contribution < 1.29 is 27.5 Å². The summed E-state index contributed by atoms with van der Waals surface area (Å²) in [5.74, 6) is -2.09. The summed E-state index contributed by atoms with van der Waals surface area (Å²) < 4.78 is 32.8. The third kappa shape index (κ3) is 3.83. The molecule has 0 aliphatic heterocycles. The highest BCUT2D eigenvalue weighted by Crippen LogP contribution is 2.30. The molecule has 0 aliphatic carbocycles. The van der Waals surface area contributed by atoms with E-state index in [1.165, 1.54) is 42.7 Å². The Morgan fingerprint density at radius 3 is 2.42 bits per heavy atom. The van der Waals surface area contributed by atoms with Crippen LogP contribution in [-0.4, -0.2) is 30.4 Å². The molecule has 4 rings (SSSR count). The van der Waals surface area contributed by atoms with Gasteiger partial charge in [0.1, 0.15) is 5.58 Å². The van der Waals surface area contributed by atoms with Gasteiger partial charge in [-0.25, -0.2) is 18.0 Å². The summed E-state index contributed by atoms with van der Waals surface area (Å²) in [5, 5.41) is 9.05. The van der Waals surface area contributed by atoms with Crippen molar-refractivity contribution in [2.45, 2.75) is 4.90 Å². The Morgan fingerprint density at radius 2 is 1.77 bits per heavy atom. The molecule has 0 unspecified atom stereocenters. The lowest BCUT2D eigenvalue weighted by atomic mass is 10.2. The van der Waals surface area contributed by atoms with Crippen molar-refractivity contribution in [3.8, 4) is 0 Å². The lowest BCUT2D eigenvalue weighted by Crippen LogP contribution is -2.37. The molecule has 2 aromatic heterocycles. The van der Waals surface area contributed by atoms with Gasteiger partial charge in [0.05, 0.1) is 26.4 Å². The number of aromatic nitrogens is 1. The minimum Gasteiger partial charge on any atom is -0.478 e. The average molecular weight is 456 g/mol. The second-order valence-corrected chi connectivity index (χ2v) is 8.99. The first-order chi connectivity index (χ1) is 14.8. The molecular formula is C20H12N2O7S2. The highest BCUT2D eigenvalue weighted by molar-refractivity contribution is 7.93. The maximum Gasteiger partial charge on any atom is 0.396 e. The number of amides is 1. The van der Waals surface area contributed by atoms with Gasteiger partial charge in [0.25, 0.3) is 15.9 Å². The maximum atomic E-state index is 13.4. The number of hydrogen-bond donors (Lipinski definition) is 1. The summed E-state index contributed by atoms with van der Waals surface area (Å²) in [7, 11) is -4.45. The molecule has 0 radical (unpaired) electrons. The van der Waals surface area contributed by atoms with E-state index in [1.807, 2.05) is 0 Å². The van der Waals surface area contributed by atoms with Gasteiger partial charge in [0.15, 0.2) is 0 Å². The summed E-state index contributed by atoms with van der Waals surface area (Å²) in [6, 6.07) is 11.5. The molecule has 0 saturated heterocycles. The third-order valence-corrected chi connectivity index (χ3v) is 6.80. The van der Waals surface area contributed by atoms with Crippen LogP contribution in [0.1, 0.15) is 20.7 Å². The van der Waals surface area contributed by atoms with E-state index in [4.69, 9.17) is 9.52 Å². The topological polar surface area (TPSA) is 135 Å². The molecule has 0 fully saturated rings. The van der Waals surface area contributed by atoms with Gasteiger partial charge in [-0.05, 0) is 54.6 Å². The lowest BCUT2D eigenvalue weighted by molar-refractivity contribution is 0.0696. The fourth-order valence-corrected chi connectivity index (χ4v) is 4.94. The number of fused-ring (bicyclic) bond motifs is 1. The molecule has 2 heterocycles. The monoisotopic (exact) mass is 456 g/mol. The second-order valence-electron chi connectivity index (χ2n) is 6.23. The fourth-order valence-electron chi connectivity index (χ4n) is 2.83. The molecular weight excluding hydrogens is 444 g/mol. The van der Waals surface area contributed by atoms with Crippen molar-refractivity contribution in [1.29, 1.82) is 0 Å². The predicted molar refractivity (Wildman–Crippen MR) is 112 cm³/mol. The van der Waals surface area contributed by atoms with Crippen molar-refractivity contribution in [3.63, 3.8) is 0 Å². The number of carbonyl (C=O) groups excluding carboxylic acids is 1. The molecule has 4 aromatic rings. The highest BCUT2D eigenvalue weighted by atomic mass is 32.2. The Morgan fingerprint density at radius 1 is 1.03 bits per heavy atom. The number of pyridine rings is 1. The summed E-state index contributed by atoms with van der Waals surface area (Å²) in [4.78, 5) is 38.8. The largest absolute Gasteiger partial charge is 0.478 e. The Bertz CT molecular complexity index is 1460. The average Bonchev–Trinajstić information content (AvgIpc) is 3.13. The van der Waals surface area contributed by atoms with Crippen LogP contribution in [0.4, 0.5) is 5.69 Å². The number of carboxylic acids is 1. The van der Waals surface area contributed by atoms with Gasteiger partial charge >= 0.3 is 10.9 Å². The molecule has 156 valence electrons. The van der Waals surface area contributed by atoms with Crippen molar-refractivity contribution in [2.75, 3.05) is 4.31 Å². The van der Waals surface area contributed by atoms with Crippen LogP contribution < -0.4 is 9.24 Å². The number of rotatable bonds is 5. The predicted octanol–water partition coefficient (Wildman–Crippen LogP) is 2.98. The summed E-state index contributed by atoms with van der Waals surface area (Å²) in [6.07, 6.45) is 2.67. The number of carboxylic acid groups (broad SMARTS) is 1. The molecule has 0 spiro atoms. The summed E-state index contributed by atoms with van der Waals surface area (Å²) in [6.45, 7) is 0. The quantitative estimate of drug-likeness (QED) is 0.484. The van der Waals surface area contributed by atoms with E-state index in [0.717, 1.165) is 35.6 Å². The van der Waals surface area contributed by atoms with Crippen molar-refractivity contribution in [1.82, 2.24) is 4.98 Å². The van der Waals surface area contributed by atoms with Crippen LogP contribution >= 0.6 is 11.3 Å². The van der Waals surface area contributed by atoms with E-state index < -0.39 is 26.8 Å². The summed E-state index contributed by atoms with van der Waals surface area (Å²) in [5.41, 5.74) is 0.166. The van der Waals surface area contributed by atoms with E-state index in [2.05, 4.69) is 4.98 Å². The van der Waals surface area contributed by atoms with Crippen LogP contribution in [0.5, 0.6) is 0 Å². The number of nitrogens with zero attached hydrogens (tertiary/aromatic N) is 2. The normalized spacial score (nSPS) is 11.4. The number of benzene rings is 2. The van der Waals surface area contributed by atoms with E-state index in [0.29, 0.717) is 9.01 Å².